The second-order valence-electron chi connectivity index (χ2n) is 2.87. The first-order valence-corrected chi connectivity index (χ1v) is 5.06. The lowest BCUT2D eigenvalue weighted by atomic mass is 10.4. The first kappa shape index (κ1) is 12.1. The van der Waals surface area contributed by atoms with Crippen LogP contribution < -0.4 is 5.32 Å². The van der Waals surface area contributed by atoms with Crippen LogP contribution in [0.1, 0.15) is 6.92 Å². The summed E-state index contributed by atoms with van der Waals surface area (Å²) in [5, 5.41) is 10.7. The molecule has 0 spiro atoms. The molecule has 4 nitrogen and oxygen atoms in total. The number of aliphatic hydroxyl groups excluding tert-OH is 1. The van der Waals surface area contributed by atoms with Gasteiger partial charge < -0.3 is 10.4 Å². The van der Waals surface area contributed by atoms with Crippen LogP contribution in [0.2, 0.25) is 0 Å². The van der Waals surface area contributed by atoms with Crippen LogP contribution in [0.5, 0.6) is 0 Å². The number of nitrogens with one attached hydrogen (secondary N) is 1. The highest BCUT2D eigenvalue weighted by Crippen LogP contribution is 2.08. The number of aliphatic hydroxyl groups is 1. The summed E-state index contributed by atoms with van der Waals surface area (Å²) in [7, 11) is 0. The summed E-state index contributed by atoms with van der Waals surface area (Å²) in [4.78, 5) is 8.25. The number of rotatable bonds is 2. The molecule has 0 aliphatic rings. The summed E-state index contributed by atoms with van der Waals surface area (Å²) in [5.41, 5.74) is 0. The molecule has 0 bridgehead atoms. The van der Waals surface area contributed by atoms with Gasteiger partial charge in [-0.1, -0.05) is 12.1 Å². The molecule has 0 saturated heterocycles. The molecule has 16 heavy (non-hydrogen) atoms. The van der Waals surface area contributed by atoms with E-state index in [4.69, 9.17) is 5.11 Å². The number of pyridine rings is 2. The molecule has 2 aromatic rings. The smallest absolute Gasteiger partial charge is 0.131 e. The van der Waals surface area contributed by atoms with Crippen molar-refractivity contribution in [3.63, 3.8) is 0 Å². The maximum atomic E-state index is 7.57. The van der Waals surface area contributed by atoms with E-state index >= 15 is 0 Å². The molecule has 0 unspecified atom stereocenters. The average Bonchev–Trinajstić information content (AvgIpc) is 2.33. The van der Waals surface area contributed by atoms with Crippen molar-refractivity contribution in [2.45, 2.75) is 6.92 Å². The molecule has 2 N–H and O–H groups in total. The predicted molar refractivity (Wildman–Crippen MR) is 64.5 cm³/mol. The minimum Gasteiger partial charge on any atom is -0.397 e. The van der Waals surface area contributed by atoms with Gasteiger partial charge in [0.05, 0.1) is 0 Å². The second kappa shape index (κ2) is 7.36. The lowest BCUT2D eigenvalue weighted by Crippen LogP contribution is -1.93. The third-order valence-electron chi connectivity index (χ3n) is 1.59. The Balaban J connectivity index is 0.000000386. The van der Waals surface area contributed by atoms with Crippen molar-refractivity contribution < 1.29 is 5.11 Å². The van der Waals surface area contributed by atoms with Gasteiger partial charge in [-0.3, -0.25) is 0 Å². The molecule has 0 aliphatic heterocycles. The zero-order valence-corrected chi connectivity index (χ0v) is 9.17. The Kier molecular flexibility index (Phi) is 5.58. The maximum absolute atomic E-state index is 7.57. The molecule has 0 aromatic carbocycles. The third-order valence-corrected chi connectivity index (χ3v) is 1.59. The van der Waals surface area contributed by atoms with E-state index in [2.05, 4.69) is 15.3 Å². The van der Waals surface area contributed by atoms with Gasteiger partial charge in [0.1, 0.15) is 11.6 Å². The average molecular weight is 217 g/mol. The zero-order chi connectivity index (χ0) is 11.6. The van der Waals surface area contributed by atoms with Crippen molar-refractivity contribution in [3.05, 3.63) is 48.8 Å². The van der Waals surface area contributed by atoms with Gasteiger partial charge in [0, 0.05) is 19.0 Å². The fourth-order valence-corrected chi connectivity index (χ4v) is 1.00. The van der Waals surface area contributed by atoms with Crippen molar-refractivity contribution >= 4 is 11.6 Å². The van der Waals surface area contributed by atoms with E-state index in [1.165, 1.54) is 0 Å². The summed E-state index contributed by atoms with van der Waals surface area (Å²) in [5.74, 6) is 1.61. The molecular weight excluding hydrogens is 202 g/mol. The number of nitrogens with zero attached hydrogens (tertiary/aromatic N) is 2. The van der Waals surface area contributed by atoms with Crippen LogP contribution in [0.25, 0.3) is 0 Å². The van der Waals surface area contributed by atoms with E-state index in [1.54, 1.807) is 19.3 Å². The third kappa shape index (κ3) is 4.52. The highest BCUT2D eigenvalue weighted by Gasteiger charge is 1.92. The van der Waals surface area contributed by atoms with Crippen molar-refractivity contribution in [3.8, 4) is 0 Å². The van der Waals surface area contributed by atoms with Gasteiger partial charge in [-0.25, -0.2) is 9.97 Å². The van der Waals surface area contributed by atoms with Gasteiger partial charge in [0.25, 0.3) is 0 Å². The SMILES string of the molecule is CCO.c1ccc(Nc2ccccn2)nc1. The first-order chi connectivity index (χ1) is 7.86. The van der Waals surface area contributed by atoms with E-state index in [-0.39, 0.29) is 6.61 Å². The van der Waals surface area contributed by atoms with Crippen molar-refractivity contribution in [2.75, 3.05) is 11.9 Å². The lowest BCUT2D eigenvalue weighted by Gasteiger charge is -2.02. The molecule has 84 valence electrons. The normalized spacial score (nSPS) is 8.88. The Labute approximate surface area is 95.0 Å². The largest absolute Gasteiger partial charge is 0.397 e. The van der Waals surface area contributed by atoms with Gasteiger partial charge >= 0.3 is 0 Å². The second-order valence-corrected chi connectivity index (χ2v) is 2.87. The molecule has 0 atom stereocenters. The molecule has 0 radical (unpaired) electrons. The number of hydrogen-bond donors (Lipinski definition) is 2. The number of aromatic nitrogens is 2. The van der Waals surface area contributed by atoms with E-state index in [1.807, 2.05) is 36.4 Å². The van der Waals surface area contributed by atoms with Gasteiger partial charge in [-0.15, -0.1) is 0 Å². The Morgan fingerprint density at radius 2 is 1.44 bits per heavy atom. The van der Waals surface area contributed by atoms with Crippen LogP contribution in [-0.4, -0.2) is 21.7 Å². The minimum atomic E-state index is 0.250. The van der Waals surface area contributed by atoms with Crippen LogP contribution in [0, 0.1) is 0 Å². The van der Waals surface area contributed by atoms with Crippen molar-refractivity contribution in [2.24, 2.45) is 0 Å². The summed E-state index contributed by atoms with van der Waals surface area (Å²) in [6.45, 7) is 1.93. The van der Waals surface area contributed by atoms with Gasteiger partial charge in [-0.05, 0) is 31.2 Å². The molecule has 4 heteroatoms. The van der Waals surface area contributed by atoms with E-state index in [9.17, 15) is 0 Å². The number of anilines is 2. The molecule has 2 rings (SSSR count). The molecular formula is C12H15N3O. The zero-order valence-electron chi connectivity index (χ0n) is 9.17. The molecule has 2 aromatic heterocycles. The van der Waals surface area contributed by atoms with Gasteiger partial charge in [-0.2, -0.15) is 0 Å². The van der Waals surface area contributed by atoms with Gasteiger partial charge in [0.15, 0.2) is 0 Å². The van der Waals surface area contributed by atoms with Crippen LogP contribution in [0.15, 0.2) is 48.8 Å². The van der Waals surface area contributed by atoms with Crippen molar-refractivity contribution in [1.82, 2.24) is 9.97 Å². The van der Waals surface area contributed by atoms with Crippen LogP contribution >= 0.6 is 0 Å². The van der Waals surface area contributed by atoms with Crippen LogP contribution in [0.3, 0.4) is 0 Å². The topological polar surface area (TPSA) is 58.0 Å². The fraction of sp³-hybridized carbons (Fsp3) is 0.167. The monoisotopic (exact) mass is 217 g/mol. The summed E-state index contributed by atoms with van der Waals surface area (Å²) < 4.78 is 0. The Hall–Kier alpha value is -1.94. The maximum Gasteiger partial charge on any atom is 0.131 e. The lowest BCUT2D eigenvalue weighted by molar-refractivity contribution is 0.318. The molecule has 0 fully saturated rings. The van der Waals surface area contributed by atoms with Crippen LogP contribution in [-0.2, 0) is 0 Å². The van der Waals surface area contributed by atoms with E-state index in [0.29, 0.717) is 0 Å². The quantitative estimate of drug-likeness (QED) is 0.809. The Bertz CT molecular complexity index is 340. The first-order valence-electron chi connectivity index (χ1n) is 5.06. The summed E-state index contributed by atoms with van der Waals surface area (Å²) in [6.07, 6.45) is 3.48. The molecule has 0 saturated carbocycles. The standard InChI is InChI=1S/C10H9N3.C2H6O/c1-3-7-11-9(5-1)13-10-6-2-4-8-12-10;1-2-3/h1-8H,(H,11,12,13);3H,2H2,1H3. The predicted octanol–water partition coefficient (Wildman–Crippen LogP) is 2.22. The summed E-state index contributed by atoms with van der Waals surface area (Å²) >= 11 is 0. The molecule has 0 aliphatic carbocycles. The fourth-order valence-electron chi connectivity index (χ4n) is 1.00. The molecule has 2 heterocycles. The summed E-state index contributed by atoms with van der Waals surface area (Å²) in [6, 6.07) is 11.4. The Morgan fingerprint density at radius 3 is 1.75 bits per heavy atom. The van der Waals surface area contributed by atoms with E-state index < -0.39 is 0 Å². The molecule has 0 amide bonds. The van der Waals surface area contributed by atoms with E-state index in [0.717, 1.165) is 11.6 Å². The highest BCUT2D eigenvalue weighted by atomic mass is 16.2. The Morgan fingerprint density at radius 1 is 1.00 bits per heavy atom. The highest BCUT2D eigenvalue weighted by molar-refractivity contribution is 5.50. The minimum absolute atomic E-state index is 0.250. The van der Waals surface area contributed by atoms with Crippen LogP contribution in [0.4, 0.5) is 11.6 Å². The number of hydrogen-bond acceptors (Lipinski definition) is 4. The van der Waals surface area contributed by atoms with Gasteiger partial charge in [0.2, 0.25) is 0 Å². The van der Waals surface area contributed by atoms with Crippen molar-refractivity contribution in [1.29, 1.82) is 0 Å².